The molecule has 2 amide bonds. The lowest BCUT2D eigenvalue weighted by Crippen LogP contribution is -2.15. The van der Waals surface area contributed by atoms with Crippen LogP contribution >= 0.6 is 11.5 Å². The highest BCUT2D eigenvalue weighted by Crippen LogP contribution is 2.30. The minimum Gasteiger partial charge on any atom is -0.383 e. The van der Waals surface area contributed by atoms with Gasteiger partial charge in [-0.25, -0.2) is 4.68 Å². The number of amides is 2. The fourth-order valence-electron chi connectivity index (χ4n) is 3.13. The van der Waals surface area contributed by atoms with Gasteiger partial charge in [-0.05, 0) is 42.4 Å². The number of anilines is 2. The molecule has 1 aromatic carbocycles. The number of benzene rings is 1. The van der Waals surface area contributed by atoms with E-state index in [1.165, 1.54) is 11.5 Å². The van der Waals surface area contributed by atoms with E-state index in [4.69, 9.17) is 11.5 Å². The quantitative estimate of drug-likeness (QED) is 0.538. The van der Waals surface area contributed by atoms with Gasteiger partial charge in [-0.1, -0.05) is 45.0 Å². The first kappa shape index (κ1) is 22.5. The molecule has 0 fully saturated rings. The van der Waals surface area contributed by atoms with Crippen LogP contribution in [0.3, 0.4) is 0 Å². The monoisotopic (exact) mass is 440 g/mol. The molecule has 0 aliphatic heterocycles. The molecule has 0 bridgehead atoms. The maximum Gasteiger partial charge on any atom is 0.254 e. The topological polar surface area (TPSA) is 129 Å². The van der Waals surface area contributed by atoms with Crippen LogP contribution in [0, 0.1) is 0 Å². The Morgan fingerprint density at radius 2 is 1.84 bits per heavy atom. The third kappa shape index (κ3) is 4.93. The Balaban J connectivity index is 1.75. The molecule has 0 radical (unpaired) electrons. The van der Waals surface area contributed by atoms with Crippen LogP contribution in [0.25, 0.3) is 11.3 Å². The molecule has 3 aromatic rings. The van der Waals surface area contributed by atoms with Gasteiger partial charge in [-0.3, -0.25) is 9.59 Å². The lowest BCUT2D eigenvalue weighted by Gasteiger charge is -2.14. The number of carbonyl (C=O) groups is 2. The van der Waals surface area contributed by atoms with Crippen LogP contribution in [-0.2, 0) is 16.6 Å². The molecule has 5 N–H and O–H groups in total. The van der Waals surface area contributed by atoms with Gasteiger partial charge >= 0.3 is 0 Å². The summed E-state index contributed by atoms with van der Waals surface area (Å²) in [6.07, 6.45) is 0.202. The summed E-state index contributed by atoms with van der Waals surface area (Å²) in [5.74, 6) is 0.0431. The average Bonchev–Trinajstić information content (AvgIpc) is 3.26. The van der Waals surface area contributed by atoms with Crippen molar-refractivity contribution in [2.45, 2.75) is 52.5 Å². The minimum absolute atomic E-state index is 0.00775. The van der Waals surface area contributed by atoms with Crippen LogP contribution in [0.2, 0.25) is 0 Å². The summed E-state index contributed by atoms with van der Waals surface area (Å²) in [6.45, 7) is 10.2. The molecule has 0 aliphatic carbocycles. The molecular weight excluding hydrogens is 412 g/mol. The molecular formula is C22H28N6O2S. The number of aromatic nitrogens is 3. The molecule has 2 aromatic heterocycles. The van der Waals surface area contributed by atoms with Gasteiger partial charge in [0.15, 0.2) is 0 Å². The van der Waals surface area contributed by atoms with E-state index < -0.39 is 5.91 Å². The van der Waals surface area contributed by atoms with Crippen LogP contribution in [-0.4, -0.2) is 26.0 Å². The molecule has 0 unspecified atom stereocenters. The van der Waals surface area contributed by atoms with Crippen LogP contribution in [0.1, 0.15) is 61.5 Å². The summed E-state index contributed by atoms with van der Waals surface area (Å²) in [4.78, 5) is 25.5. The second-order valence-corrected chi connectivity index (χ2v) is 9.56. The summed E-state index contributed by atoms with van der Waals surface area (Å²) in [5.41, 5.74) is 13.8. The zero-order valence-electron chi connectivity index (χ0n) is 18.4. The standard InChI is InChI=1S/C22H28N6O2S/c1-12(2)28-20(23)18(21(24)30)19(26-28)14-8-6-13(7-9-14)10-17(29)25-16-11-15(31-27-16)22(3,4)5/h6-9,11-12H,10,23H2,1-5H3,(H2,24,30)(H,25,27,29). The predicted octanol–water partition coefficient (Wildman–Crippen LogP) is 3.75. The van der Waals surface area contributed by atoms with E-state index >= 15 is 0 Å². The molecule has 0 spiro atoms. The van der Waals surface area contributed by atoms with E-state index in [1.54, 1.807) is 4.68 Å². The van der Waals surface area contributed by atoms with Crippen molar-refractivity contribution >= 4 is 35.0 Å². The highest BCUT2D eigenvalue weighted by atomic mass is 32.1. The molecule has 0 saturated carbocycles. The van der Waals surface area contributed by atoms with Crippen molar-refractivity contribution in [3.8, 4) is 11.3 Å². The molecule has 0 saturated heterocycles. The van der Waals surface area contributed by atoms with Gasteiger partial charge in [0.2, 0.25) is 5.91 Å². The number of primary amides is 1. The van der Waals surface area contributed by atoms with Crippen molar-refractivity contribution in [3.05, 3.63) is 46.3 Å². The zero-order valence-corrected chi connectivity index (χ0v) is 19.2. The van der Waals surface area contributed by atoms with E-state index in [0.717, 1.165) is 10.4 Å². The number of carbonyl (C=O) groups excluding carboxylic acids is 2. The summed E-state index contributed by atoms with van der Waals surface area (Å²) in [7, 11) is 0. The fraction of sp³-hybridized carbons (Fsp3) is 0.364. The second-order valence-electron chi connectivity index (χ2n) is 8.76. The lowest BCUT2D eigenvalue weighted by molar-refractivity contribution is -0.115. The first-order valence-electron chi connectivity index (χ1n) is 10.0. The van der Waals surface area contributed by atoms with Crippen LogP contribution < -0.4 is 16.8 Å². The Labute approximate surface area is 185 Å². The molecule has 0 atom stereocenters. The highest BCUT2D eigenvalue weighted by Gasteiger charge is 2.22. The Hall–Kier alpha value is -3.20. The second kappa shape index (κ2) is 8.50. The van der Waals surface area contributed by atoms with E-state index in [2.05, 4.69) is 35.6 Å². The Morgan fingerprint density at radius 3 is 2.35 bits per heavy atom. The number of nitrogens with two attached hydrogens (primary N) is 2. The van der Waals surface area contributed by atoms with Gasteiger partial charge in [0.25, 0.3) is 5.91 Å². The van der Waals surface area contributed by atoms with E-state index in [0.29, 0.717) is 17.1 Å². The normalized spacial score (nSPS) is 11.7. The summed E-state index contributed by atoms with van der Waals surface area (Å²) < 4.78 is 5.89. The van der Waals surface area contributed by atoms with Crippen molar-refractivity contribution in [1.82, 2.24) is 14.2 Å². The lowest BCUT2D eigenvalue weighted by atomic mass is 9.95. The summed E-state index contributed by atoms with van der Waals surface area (Å²) in [6, 6.07) is 9.16. The van der Waals surface area contributed by atoms with Crippen LogP contribution in [0.4, 0.5) is 11.6 Å². The summed E-state index contributed by atoms with van der Waals surface area (Å²) >= 11 is 1.39. The van der Waals surface area contributed by atoms with Gasteiger partial charge < -0.3 is 16.8 Å². The predicted molar refractivity (Wildman–Crippen MR) is 124 cm³/mol. The molecule has 8 nitrogen and oxygen atoms in total. The van der Waals surface area contributed by atoms with Gasteiger partial charge in [0.1, 0.15) is 22.9 Å². The average molecular weight is 441 g/mol. The smallest absolute Gasteiger partial charge is 0.254 e. The fourth-order valence-corrected chi connectivity index (χ4v) is 3.86. The number of nitrogens with one attached hydrogen (secondary N) is 1. The van der Waals surface area contributed by atoms with Gasteiger partial charge in [-0.15, -0.1) is 0 Å². The number of hydrogen-bond acceptors (Lipinski definition) is 6. The summed E-state index contributed by atoms with van der Waals surface area (Å²) in [5, 5.41) is 7.32. The minimum atomic E-state index is -0.624. The number of nitrogen functional groups attached to an aromatic ring is 1. The van der Waals surface area contributed by atoms with Gasteiger partial charge in [0, 0.05) is 16.5 Å². The van der Waals surface area contributed by atoms with E-state index in [-0.39, 0.29) is 35.2 Å². The molecule has 2 heterocycles. The van der Waals surface area contributed by atoms with Crippen molar-refractivity contribution in [1.29, 1.82) is 0 Å². The van der Waals surface area contributed by atoms with Crippen molar-refractivity contribution in [3.63, 3.8) is 0 Å². The third-order valence-corrected chi connectivity index (χ3v) is 6.01. The van der Waals surface area contributed by atoms with Gasteiger partial charge in [0.05, 0.1) is 6.42 Å². The van der Waals surface area contributed by atoms with Gasteiger partial charge in [-0.2, -0.15) is 9.47 Å². The Morgan fingerprint density at radius 1 is 1.19 bits per heavy atom. The number of rotatable bonds is 6. The Bertz CT molecular complexity index is 1110. The van der Waals surface area contributed by atoms with Crippen LogP contribution in [0.5, 0.6) is 0 Å². The molecule has 164 valence electrons. The van der Waals surface area contributed by atoms with Crippen molar-refractivity contribution < 1.29 is 9.59 Å². The first-order valence-corrected chi connectivity index (χ1v) is 10.8. The zero-order chi connectivity index (χ0) is 22.9. The maximum absolute atomic E-state index is 12.4. The molecule has 9 heteroatoms. The maximum atomic E-state index is 12.4. The number of hydrogen-bond donors (Lipinski definition) is 3. The third-order valence-electron chi connectivity index (χ3n) is 4.79. The SMILES string of the molecule is CC(C)n1nc(-c2ccc(CC(=O)Nc3cc(C(C)(C)C)sn3)cc2)c(C(N)=O)c1N. The highest BCUT2D eigenvalue weighted by molar-refractivity contribution is 7.06. The van der Waals surface area contributed by atoms with Crippen LogP contribution in [0.15, 0.2) is 30.3 Å². The van der Waals surface area contributed by atoms with Crippen molar-refractivity contribution in [2.24, 2.45) is 5.73 Å². The molecule has 0 aliphatic rings. The Kier molecular flexibility index (Phi) is 6.17. The largest absolute Gasteiger partial charge is 0.383 e. The van der Waals surface area contributed by atoms with Crippen molar-refractivity contribution in [2.75, 3.05) is 11.1 Å². The van der Waals surface area contributed by atoms with E-state index in [1.807, 2.05) is 44.2 Å². The first-order chi connectivity index (χ1) is 14.5. The molecule has 3 rings (SSSR count). The van der Waals surface area contributed by atoms with E-state index in [9.17, 15) is 9.59 Å². The molecule has 31 heavy (non-hydrogen) atoms. The number of nitrogens with zero attached hydrogens (tertiary/aromatic N) is 3.